The van der Waals surface area contributed by atoms with E-state index in [0.29, 0.717) is 0 Å². The van der Waals surface area contributed by atoms with E-state index in [-0.39, 0.29) is 0 Å². The molecule has 4 rings (SSSR count). The highest BCUT2D eigenvalue weighted by atomic mass is 15.0. The third kappa shape index (κ3) is 1.39. The van der Waals surface area contributed by atoms with Crippen LogP contribution in [0.2, 0.25) is 0 Å². The Morgan fingerprint density at radius 3 is 2.60 bits per heavy atom. The Morgan fingerprint density at radius 1 is 0.867 bits per heavy atom. The summed E-state index contributed by atoms with van der Waals surface area (Å²) in [7, 11) is 0. The fourth-order valence-electron chi connectivity index (χ4n) is 4.94. The van der Waals surface area contributed by atoms with Crippen LogP contribution in [0, 0.1) is 29.6 Å². The van der Waals surface area contributed by atoms with Gasteiger partial charge in [0.05, 0.1) is 0 Å². The Bertz CT molecular complexity index is 258. The van der Waals surface area contributed by atoms with Crippen molar-refractivity contribution in [2.45, 2.75) is 51.0 Å². The van der Waals surface area contributed by atoms with Crippen LogP contribution in [0.4, 0.5) is 0 Å². The zero-order chi connectivity index (χ0) is 9.83. The number of nitrogens with one attached hydrogen (secondary N) is 1. The third-order valence-electron chi connectivity index (χ3n) is 5.79. The lowest BCUT2D eigenvalue weighted by molar-refractivity contribution is 0.208. The molecule has 84 valence electrons. The maximum Gasteiger partial charge on any atom is 0.0101 e. The molecule has 5 atom stereocenters. The lowest BCUT2D eigenvalue weighted by atomic mass is 9.79. The molecule has 15 heavy (non-hydrogen) atoms. The van der Waals surface area contributed by atoms with Crippen LogP contribution in [-0.2, 0) is 0 Å². The third-order valence-corrected chi connectivity index (χ3v) is 5.79. The van der Waals surface area contributed by atoms with E-state index >= 15 is 0 Å². The van der Waals surface area contributed by atoms with Crippen LogP contribution in [0.25, 0.3) is 0 Å². The first-order valence-corrected chi connectivity index (χ1v) is 7.15. The fourth-order valence-corrected chi connectivity index (χ4v) is 4.94. The van der Waals surface area contributed by atoms with E-state index in [1.165, 1.54) is 32.2 Å². The summed E-state index contributed by atoms with van der Waals surface area (Å²) in [4.78, 5) is 0. The zero-order valence-electron chi connectivity index (χ0n) is 9.62. The molecule has 4 aliphatic rings. The number of hydrogen-bond donors (Lipinski definition) is 1. The van der Waals surface area contributed by atoms with Gasteiger partial charge < -0.3 is 5.32 Å². The van der Waals surface area contributed by atoms with Gasteiger partial charge in [0.1, 0.15) is 0 Å². The van der Waals surface area contributed by atoms with Crippen LogP contribution in [-0.4, -0.2) is 12.6 Å². The number of fused-ring (bicyclic) bond motifs is 5. The molecule has 0 unspecified atom stereocenters. The predicted molar refractivity (Wildman–Crippen MR) is 61.6 cm³/mol. The van der Waals surface area contributed by atoms with Gasteiger partial charge >= 0.3 is 0 Å². The summed E-state index contributed by atoms with van der Waals surface area (Å²) in [6, 6.07) is 0.926. The summed E-state index contributed by atoms with van der Waals surface area (Å²) >= 11 is 0. The first-order chi connectivity index (χ1) is 7.42. The van der Waals surface area contributed by atoms with E-state index in [0.717, 1.165) is 35.6 Å². The minimum Gasteiger partial charge on any atom is -0.313 e. The van der Waals surface area contributed by atoms with Crippen molar-refractivity contribution in [2.24, 2.45) is 29.6 Å². The minimum absolute atomic E-state index is 0.926. The Labute approximate surface area is 93.0 Å². The largest absolute Gasteiger partial charge is 0.313 e. The van der Waals surface area contributed by atoms with E-state index in [2.05, 4.69) is 5.32 Å². The van der Waals surface area contributed by atoms with Crippen molar-refractivity contribution >= 4 is 0 Å². The van der Waals surface area contributed by atoms with Crippen molar-refractivity contribution in [1.29, 1.82) is 0 Å². The van der Waals surface area contributed by atoms with Gasteiger partial charge in [0, 0.05) is 6.04 Å². The van der Waals surface area contributed by atoms with E-state index in [1.54, 1.807) is 19.3 Å². The zero-order valence-corrected chi connectivity index (χ0v) is 9.62. The molecular formula is C14H23N. The maximum absolute atomic E-state index is 3.89. The summed E-state index contributed by atoms with van der Waals surface area (Å²) in [5, 5.41) is 3.89. The first-order valence-electron chi connectivity index (χ1n) is 7.15. The molecular weight excluding hydrogens is 182 g/mol. The van der Waals surface area contributed by atoms with Crippen LogP contribution in [0.5, 0.6) is 0 Å². The Kier molecular flexibility index (Phi) is 1.94. The van der Waals surface area contributed by atoms with Crippen molar-refractivity contribution in [3.63, 3.8) is 0 Å². The number of rotatable bonds is 3. The smallest absolute Gasteiger partial charge is 0.0101 e. The van der Waals surface area contributed by atoms with E-state index in [9.17, 15) is 0 Å². The molecule has 1 N–H and O–H groups in total. The molecule has 1 nitrogen and oxygen atoms in total. The molecule has 0 aromatic carbocycles. The lowest BCUT2D eigenvalue weighted by Gasteiger charge is -2.32. The second-order valence-electron chi connectivity index (χ2n) is 6.61. The quantitative estimate of drug-likeness (QED) is 0.747. The fraction of sp³-hybridized carbons (Fsp3) is 1.00. The van der Waals surface area contributed by atoms with E-state index in [1.807, 2.05) is 0 Å². The lowest BCUT2D eigenvalue weighted by Crippen LogP contribution is -2.40. The summed E-state index contributed by atoms with van der Waals surface area (Å²) in [5.74, 6) is 5.57. The van der Waals surface area contributed by atoms with E-state index in [4.69, 9.17) is 0 Å². The van der Waals surface area contributed by atoms with Gasteiger partial charge in [-0.1, -0.05) is 6.42 Å². The van der Waals surface area contributed by atoms with Gasteiger partial charge in [0.15, 0.2) is 0 Å². The topological polar surface area (TPSA) is 12.0 Å². The standard InChI is InChI=1S/C14H23N/c1-2-11-10-6-13(12(11)3-1)14(7-10)15-8-9-4-5-9/h9-15H,1-8H2/t10-,11+,12+,13+,14+/m1/s1. The molecule has 2 bridgehead atoms. The maximum atomic E-state index is 3.89. The predicted octanol–water partition coefficient (Wildman–Crippen LogP) is 2.81. The van der Waals surface area contributed by atoms with Gasteiger partial charge in [-0.3, -0.25) is 0 Å². The van der Waals surface area contributed by atoms with Gasteiger partial charge in [-0.2, -0.15) is 0 Å². The molecule has 0 radical (unpaired) electrons. The Morgan fingerprint density at radius 2 is 1.73 bits per heavy atom. The second kappa shape index (κ2) is 3.23. The van der Waals surface area contributed by atoms with Gasteiger partial charge in [-0.25, -0.2) is 0 Å². The highest BCUT2D eigenvalue weighted by Crippen LogP contribution is 2.58. The molecule has 4 aliphatic carbocycles. The molecule has 4 fully saturated rings. The molecule has 0 spiro atoms. The minimum atomic E-state index is 0.926. The molecule has 0 aromatic heterocycles. The van der Waals surface area contributed by atoms with Crippen LogP contribution >= 0.6 is 0 Å². The summed E-state index contributed by atoms with van der Waals surface area (Å²) in [5.41, 5.74) is 0. The summed E-state index contributed by atoms with van der Waals surface area (Å²) in [6.45, 7) is 1.34. The van der Waals surface area contributed by atoms with Crippen molar-refractivity contribution in [1.82, 2.24) is 5.32 Å². The van der Waals surface area contributed by atoms with E-state index < -0.39 is 0 Å². The van der Waals surface area contributed by atoms with Crippen LogP contribution in [0.15, 0.2) is 0 Å². The summed E-state index contributed by atoms with van der Waals surface area (Å²) in [6.07, 6.45) is 10.8. The van der Waals surface area contributed by atoms with Crippen molar-refractivity contribution < 1.29 is 0 Å². The van der Waals surface area contributed by atoms with Crippen LogP contribution < -0.4 is 5.32 Å². The highest BCUT2D eigenvalue weighted by Gasteiger charge is 2.53. The summed E-state index contributed by atoms with van der Waals surface area (Å²) < 4.78 is 0. The van der Waals surface area contributed by atoms with Gasteiger partial charge in [0.2, 0.25) is 0 Å². The average Bonchev–Trinajstić information content (AvgIpc) is 2.72. The Hall–Kier alpha value is -0.0400. The molecule has 0 aliphatic heterocycles. The second-order valence-corrected chi connectivity index (χ2v) is 6.61. The molecule has 0 aromatic rings. The van der Waals surface area contributed by atoms with Crippen LogP contribution in [0.1, 0.15) is 44.9 Å². The van der Waals surface area contributed by atoms with Crippen molar-refractivity contribution in [3.8, 4) is 0 Å². The molecule has 4 saturated carbocycles. The number of hydrogen-bond acceptors (Lipinski definition) is 1. The van der Waals surface area contributed by atoms with Gasteiger partial charge in [-0.15, -0.1) is 0 Å². The van der Waals surface area contributed by atoms with Gasteiger partial charge in [0.25, 0.3) is 0 Å². The monoisotopic (exact) mass is 205 g/mol. The van der Waals surface area contributed by atoms with Gasteiger partial charge in [-0.05, 0) is 74.7 Å². The average molecular weight is 205 g/mol. The molecule has 1 heteroatoms. The molecule has 0 amide bonds. The SMILES string of the molecule is C1C[C@H]2[C@@H](C1)[C@@H]1C[C@@H]2[C@@H](NCC2CC2)C1. The molecule has 0 heterocycles. The Balaban J connectivity index is 1.41. The van der Waals surface area contributed by atoms with Crippen molar-refractivity contribution in [2.75, 3.05) is 6.54 Å². The molecule has 0 saturated heterocycles. The normalized spacial score (nSPS) is 52.4. The first kappa shape index (κ1) is 9.04. The van der Waals surface area contributed by atoms with Crippen LogP contribution in [0.3, 0.4) is 0 Å². The highest BCUT2D eigenvalue weighted by molar-refractivity contribution is 5.05. The van der Waals surface area contributed by atoms with Crippen molar-refractivity contribution in [3.05, 3.63) is 0 Å².